The zero-order valence-electron chi connectivity index (χ0n) is 30.1. The second-order valence-corrected chi connectivity index (χ2v) is 15.1. The molecule has 0 aliphatic heterocycles. The van der Waals surface area contributed by atoms with Gasteiger partial charge < -0.3 is 4.42 Å². The average Bonchev–Trinajstić information content (AvgIpc) is 3.84. The van der Waals surface area contributed by atoms with Crippen LogP contribution in [0.5, 0.6) is 0 Å². The lowest BCUT2D eigenvalue weighted by Crippen LogP contribution is -2.00. The highest BCUT2D eigenvalue weighted by atomic mass is 32.1. The van der Waals surface area contributed by atoms with E-state index in [2.05, 4.69) is 140 Å². The smallest absolute Gasteiger partial charge is 0.164 e. The fraction of sp³-hybridized carbons (Fsp3) is 0. The predicted molar refractivity (Wildman–Crippen MR) is 233 cm³/mol. The van der Waals surface area contributed by atoms with Gasteiger partial charge in [-0.2, -0.15) is 0 Å². The van der Waals surface area contributed by atoms with Crippen LogP contribution in [0.25, 0.3) is 110 Å². The van der Waals surface area contributed by atoms with Gasteiger partial charge in [-0.3, -0.25) is 0 Å². The number of rotatable bonds is 6. The van der Waals surface area contributed by atoms with Crippen LogP contribution in [0.3, 0.4) is 0 Å². The zero-order chi connectivity index (χ0) is 37.0. The highest BCUT2D eigenvalue weighted by Crippen LogP contribution is 2.42. The van der Waals surface area contributed by atoms with E-state index in [1.54, 1.807) is 11.3 Å². The fourth-order valence-electron chi connectivity index (χ4n) is 7.71. The molecule has 4 nitrogen and oxygen atoms in total. The lowest BCUT2D eigenvalue weighted by atomic mass is 9.95. The molecule has 0 saturated carbocycles. The van der Waals surface area contributed by atoms with Crippen LogP contribution in [-0.2, 0) is 0 Å². The summed E-state index contributed by atoms with van der Waals surface area (Å²) in [4.78, 5) is 15.1. The third kappa shape index (κ3) is 5.65. The van der Waals surface area contributed by atoms with Crippen molar-refractivity contribution in [3.63, 3.8) is 0 Å². The Morgan fingerprint density at radius 2 is 0.804 bits per heavy atom. The number of hydrogen-bond donors (Lipinski definition) is 0. The van der Waals surface area contributed by atoms with Gasteiger partial charge in [0.2, 0.25) is 0 Å². The topological polar surface area (TPSA) is 51.8 Å². The Balaban J connectivity index is 1.01. The maximum Gasteiger partial charge on any atom is 0.164 e. The molecule has 11 rings (SSSR count). The molecule has 0 bridgehead atoms. The minimum absolute atomic E-state index is 0.645. The monoisotopic (exact) mass is 733 g/mol. The number of hydrogen-bond acceptors (Lipinski definition) is 5. The largest absolute Gasteiger partial charge is 0.455 e. The molecule has 0 radical (unpaired) electrons. The van der Waals surface area contributed by atoms with Crippen molar-refractivity contribution in [1.29, 1.82) is 0 Å². The molecule has 0 N–H and O–H groups in total. The molecule has 8 aromatic carbocycles. The van der Waals surface area contributed by atoms with Crippen LogP contribution < -0.4 is 0 Å². The molecule has 3 aromatic heterocycles. The molecule has 0 unspecified atom stereocenters. The van der Waals surface area contributed by atoms with Crippen LogP contribution in [0.4, 0.5) is 0 Å². The van der Waals surface area contributed by atoms with Crippen molar-refractivity contribution < 1.29 is 4.42 Å². The Bertz CT molecular complexity index is 3230. The molecule has 11 aromatic rings. The lowest BCUT2D eigenvalue weighted by molar-refractivity contribution is 0.670. The van der Waals surface area contributed by atoms with Crippen LogP contribution in [0.2, 0.25) is 0 Å². The number of furan rings is 1. The molecule has 0 amide bonds. The van der Waals surface area contributed by atoms with E-state index >= 15 is 0 Å². The molecule has 0 spiro atoms. The van der Waals surface area contributed by atoms with Crippen LogP contribution in [0, 0.1) is 0 Å². The van der Waals surface area contributed by atoms with E-state index in [4.69, 9.17) is 19.4 Å². The number of fused-ring (bicyclic) bond motifs is 6. The van der Waals surface area contributed by atoms with Crippen LogP contribution in [-0.4, -0.2) is 15.0 Å². The van der Waals surface area contributed by atoms with E-state index in [9.17, 15) is 0 Å². The quantitative estimate of drug-likeness (QED) is 0.171. The van der Waals surface area contributed by atoms with Crippen LogP contribution in [0.1, 0.15) is 0 Å². The van der Waals surface area contributed by atoms with E-state index in [1.807, 2.05) is 48.5 Å². The highest BCUT2D eigenvalue weighted by molar-refractivity contribution is 7.25. The molecule has 5 heteroatoms. The predicted octanol–water partition coefficient (Wildman–Crippen LogP) is 14.1. The van der Waals surface area contributed by atoms with Crippen LogP contribution in [0.15, 0.2) is 192 Å². The van der Waals surface area contributed by atoms with Gasteiger partial charge in [0.25, 0.3) is 0 Å². The Labute approximate surface area is 327 Å². The van der Waals surface area contributed by atoms with Gasteiger partial charge in [0.15, 0.2) is 17.5 Å². The second-order valence-electron chi connectivity index (χ2n) is 14.0. The molecule has 3 heterocycles. The first kappa shape index (κ1) is 32.2. The molecule has 0 aliphatic carbocycles. The minimum atomic E-state index is 0.645. The number of para-hydroxylation sites is 1. The standard InChI is InChI=1S/C51H31N3OS/c1-4-12-32(13-5-1)33-20-22-36(23-21-33)50-52-49(35-16-8-3-9-17-35)53-51(54-50)38-25-27-42-41-26-24-37(30-46(41)56-47(42)31-38)39-28-43(34-14-6-2-7-15-34)48-44(29-39)40-18-10-11-19-45(40)55-48/h1-31H. The first-order valence-corrected chi connectivity index (χ1v) is 19.5. The minimum Gasteiger partial charge on any atom is -0.455 e. The number of aromatic nitrogens is 3. The molecule has 0 atom stereocenters. The van der Waals surface area contributed by atoms with Gasteiger partial charge in [-0.1, -0.05) is 158 Å². The van der Waals surface area contributed by atoms with Crippen molar-refractivity contribution in [1.82, 2.24) is 15.0 Å². The zero-order valence-corrected chi connectivity index (χ0v) is 30.9. The van der Waals surface area contributed by atoms with Gasteiger partial charge >= 0.3 is 0 Å². The Morgan fingerprint density at radius 3 is 1.48 bits per heavy atom. The summed E-state index contributed by atoms with van der Waals surface area (Å²) in [5, 5.41) is 4.70. The SMILES string of the molecule is c1ccc(-c2ccc(-c3nc(-c4ccccc4)nc(-c4ccc5c(c4)sc4cc(-c6cc(-c7ccccc7)c7oc8ccccc8c7c6)ccc45)n3)cc2)cc1. The second kappa shape index (κ2) is 13.3. The number of benzene rings is 8. The molecular formula is C51H31N3OS. The summed E-state index contributed by atoms with van der Waals surface area (Å²) in [5.74, 6) is 1.94. The Morgan fingerprint density at radius 1 is 0.321 bits per heavy atom. The van der Waals surface area contributed by atoms with Crippen molar-refractivity contribution in [3.05, 3.63) is 188 Å². The maximum absolute atomic E-state index is 6.46. The van der Waals surface area contributed by atoms with Gasteiger partial charge in [0.05, 0.1) is 0 Å². The van der Waals surface area contributed by atoms with Crippen molar-refractivity contribution in [3.8, 4) is 67.5 Å². The molecule has 0 aliphatic rings. The van der Waals surface area contributed by atoms with Crippen molar-refractivity contribution in [2.45, 2.75) is 0 Å². The van der Waals surface area contributed by atoms with Gasteiger partial charge in [-0.05, 0) is 58.1 Å². The Hall–Kier alpha value is -7.21. The average molecular weight is 734 g/mol. The summed E-state index contributed by atoms with van der Waals surface area (Å²) in [5.41, 5.74) is 11.5. The van der Waals surface area contributed by atoms with Crippen molar-refractivity contribution in [2.75, 3.05) is 0 Å². The van der Waals surface area contributed by atoms with Crippen molar-refractivity contribution in [2.24, 2.45) is 0 Å². The van der Waals surface area contributed by atoms with Crippen molar-refractivity contribution >= 4 is 53.4 Å². The molecule has 56 heavy (non-hydrogen) atoms. The fourth-order valence-corrected chi connectivity index (χ4v) is 8.90. The summed E-state index contributed by atoms with van der Waals surface area (Å²) in [6.07, 6.45) is 0. The van der Waals surface area contributed by atoms with E-state index in [0.717, 1.165) is 60.9 Å². The third-order valence-corrected chi connectivity index (χ3v) is 11.7. The third-order valence-electron chi connectivity index (χ3n) is 10.5. The first-order chi connectivity index (χ1) is 27.7. The van der Waals surface area contributed by atoms with Gasteiger partial charge in [0.1, 0.15) is 11.2 Å². The number of nitrogens with zero attached hydrogens (tertiary/aromatic N) is 3. The van der Waals surface area contributed by atoms with Crippen LogP contribution >= 0.6 is 11.3 Å². The van der Waals surface area contributed by atoms with E-state index in [0.29, 0.717) is 17.5 Å². The molecule has 0 fully saturated rings. The molecule has 0 saturated heterocycles. The van der Waals surface area contributed by atoms with Gasteiger partial charge in [-0.25, -0.2) is 15.0 Å². The summed E-state index contributed by atoms with van der Waals surface area (Å²) in [7, 11) is 0. The first-order valence-electron chi connectivity index (χ1n) is 18.7. The van der Waals surface area contributed by atoms with E-state index in [1.165, 1.54) is 31.3 Å². The maximum atomic E-state index is 6.46. The number of thiophene rings is 1. The van der Waals surface area contributed by atoms with Gasteiger partial charge in [-0.15, -0.1) is 11.3 Å². The summed E-state index contributed by atoms with van der Waals surface area (Å²) >= 11 is 1.80. The van der Waals surface area contributed by atoms with Gasteiger partial charge in [0, 0.05) is 53.2 Å². The normalized spacial score (nSPS) is 11.6. The van der Waals surface area contributed by atoms with E-state index in [-0.39, 0.29) is 0 Å². The van der Waals surface area contributed by atoms with E-state index < -0.39 is 0 Å². The molecular weight excluding hydrogens is 703 g/mol. The highest BCUT2D eigenvalue weighted by Gasteiger charge is 2.17. The molecule has 262 valence electrons. The summed E-state index contributed by atoms with van der Waals surface area (Å²) in [6, 6.07) is 65.7. The Kier molecular flexibility index (Phi) is 7.64. The summed E-state index contributed by atoms with van der Waals surface area (Å²) in [6.45, 7) is 0. The lowest BCUT2D eigenvalue weighted by Gasteiger charge is -2.09. The summed E-state index contributed by atoms with van der Waals surface area (Å²) < 4.78 is 8.88.